The Bertz CT molecular complexity index is 740. The van der Waals surface area contributed by atoms with E-state index in [9.17, 15) is 4.79 Å². The monoisotopic (exact) mass is 358 g/mol. The molecule has 7 heteroatoms. The van der Waals surface area contributed by atoms with Gasteiger partial charge in [-0.15, -0.1) is 11.8 Å². The number of nitrogens with two attached hydrogens (primary N) is 1. The Morgan fingerprint density at radius 3 is 2.76 bits per heavy atom. The van der Waals surface area contributed by atoms with Crippen LogP contribution in [-0.2, 0) is 11.3 Å². The van der Waals surface area contributed by atoms with Crippen molar-refractivity contribution < 1.29 is 9.32 Å². The van der Waals surface area contributed by atoms with E-state index in [1.54, 1.807) is 11.8 Å². The molecule has 1 saturated heterocycles. The van der Waals surface area contributed by atoms with Crippen molar-refractivity contribution in [2.45, 2.75) is 38.3 Å². The molecule has 2 aromatic rings. The van der Waals surface area contributed by atoms with Gasteiger partial charge in [-0.25, -0.2) is 0 Å². The molecular formula is C18H22N4O2S. The van der Waals surface area contributed by atoms with Gasteiger partial charge in [-0.05, 0) is 18.4 Å². The first-order chi connectivity index (χ1) is 12.3. The first kappa shape index (κ1) is 16.6. The van der Waals surface area contributed by atoms with Gasteiger partial charge in [0.25, 0.3) is 5.89 Å². The van der Waals surface area contributed by atoms with Crippen LogP contribution in [0.2, 0.25) is 0 Å². The van der Waals surface area contributed by atoms with E-state index in [-0.39, 0.29) is 17.9 Å². The molecule has 1 amide bonds. The van der Waals surface area contributed by atoms with E-state index in [0.717, 1.165) is 42.6 Å². The van der Waals surface area contributed by atoms with Crippen LogP contribution in [0.4, 0.5) is 0 Å². The number of thioether (sulfide) groups is 1. The van der Waals surface area contributed by atoms with Gasteiger partial charge in [0, 0.05) is 23.8 Å². The highest BCUT2D eigenvalue weighted by Gasteiger charge is 2.38. The van der Waals surface area contributed by atoms with Crippen LogP contribution in [0.25, 0.3) is 11.4 Å². The van der Waals surface area contributed by atoms with Crippen molar-refractivity contribution in [3.63, 3.8) is 0 Å². The van der Waals surface area contributed by atoms with Gasteiger partial charge in [0.2, 0.25) is 11.7 Å². The Morgan fingerprint density at radius 2 is 2.04 bits per heavy atom. The average Bonchev–Trinajstić information content (AvgIpc) is 3.42. The quantitative estimate of drug-likeness (QED) is 0.904. The Labute approximate surface area is 151 Å². The van der Waals surface area contributed by atoms with Crippen LogP contribution in [0.3, 0.4) is 0 Å². The molecule has 1 atom stereocenters. The summed E-state index contributed by atoms with van der Waals surface area (Å²) < 4.78 is 5.51. The van der Waals surface area contributed by atoms with Crippen molar-refractivity contribution in [1.82, 2.24) is 15.0 Å². The van der Waals surface area contributed by atoms with E-state index in [1.165, 1.54) is 0 Å². The highest BCUT2D eigenvalue weighted by molar-refractivity contribution is 7.99. The molecule has 6 nitrogen and oxygen atoms in total. The van der Waals surface area contributed by atoms with Crippen molar-refractivity contribution in [3.05, 3.63) is 35.7 Å². The second-order valence-electron chi connectivity index (χ2n) is 6.66. The normalized spacial score (nSPS) is 21.2. The summed E-state index contributed by atoms with van der Waals surface area (Å²) in [6.07, 6.45) is 4.34. The molecule has 25 heavy (non-hydrogen) atoms. The third kappa shape index (κ3) is 3.30. The van der Waals surface area contributed by atoms with E-state index >= 15 is 0 Å². The SMILES string of the molecule is NCc1ccc(-c2noc(C3CSCN3C(=O)C3CCCC3)n2)cc1. The summed E-state index contributed by atoms with van der Waals surface area (Å²) in [6, 6.07) is 7.71. The number of hydrogen-bond donors (Lipinski definition) is 1. The van der Waals surface area contributed by atoms with Crippen LogP contribution in [0, 0.1) is 5.92 Å². The van der Waals surface area contributed by atoms with E-state index in [4.69, 9.17) is 10.3 Å². The van der Waals surface area contributed by atoms with Crippen LogP contribution in [0.5, 0.6) is 0 Å². The fourth-order valence-corrected chi connectivity index (χ4v) is 4.70. The summed E-state index contributed by atoms with van der Waals surface area (Å²) in [5, 5.41) is 4.11. The molecule has 132 valence electrons. The number of carbonyl (C=O) groups excluding carboxylic acids is 1. The standard InChI is InChI=1S/C18H22N4O2S/c19-9-12-5-7-13(8-6-12)16-20-17(24-21-16)15-10-25-11-22(15)18(23)14-3-1-2-4-14/h5-8,14-15H,1-4,9-11,19H2. The predicted molar refractivity (Wildman–Crippen MR) is 96.5 cm³/mol. The lowest BCUT2D eigenvalue weighted by Gasteiger charge is -2.24. The molecule has 1 unspecified atom stereocenters. The number of carbonyl (C=O) groups is 1. The molecule has 2 aliphatic rings. The molecule has 1 aliphatic heterocycles. The van der Waals surface area contributed by atoms with Gasteiger partial charge in [0.15, 0.2) is 0 Å². The maximum Gasteiger partial charge on any atom is 0.250 e. The third-order valence-electron chi connectivity index (χ3n) is 5.04. The van der Waals surface area contributed by atoms with Crippen molar-refractivity contribution in [1.29, 1.82) is 0 Å². The molecule has 0 bridgehead atoms. The minimum atomic E-state index is -0.109. The van der Waals surface area contributed by atoms with E-state index in [2.05, 4.69) is 10.1 Å². The first-order valence-corrected chi connectivity index (χ1v) is 9.93. The highest BCUT2D eigenvalue weighted by Crippen LogP contribution is 2.37. The minimum absolute atomic E-state index is 0.109. The van der Waals surface area contributed by atoms with Crippen molar-refractivity contribution in [3.8, 4) is 11.4 Å². The lowest BCUT2D eigenvalue weighted by Crippen LogP contribution is -2.35. The molecule has 2 heterocycles. The van der Waals surface area contributed by atoms with Crippen LogP contribution in [-0.4, -0.2) is 32.6 Å². The predicted octanol–water partition coefficient (Wildman–Crippen LogP) is 2.96. The van der Waals surface area contributed by atoms with Crippen LogP contribution >= 0.6 is 11.8 Å². The molecule has 1 aromatic carbocycles. The van der Waals surface area contributed by atoms with E-state index < -0.39 is 0 Å². The maximum absolute atomic E-state index is 12.8. The van der Waals surface area contributed by atoms with E-state index in [0.29, 0.717) is 24.1 Å². The van der Waals surface area contributed by atoms with Gasteiger partial charge in [0.05, 0.1) is 5.88 Å². The zero-order valence-corrected chi connectivity index (χ0v) is 14.9. The number of rotatable bonds is 4. The van der Waals surface area contributed by atoms with Gasteiger partial charge in [-0.1, -0.05) is 42.3 Å². The zero-order chi connectivity index (χ0) is 17.2. The zero-order valence-electron chi connectivity index (χ0n) is 14.1. The van der Waals surface area contributed by atoms with E-state index in [1.807, 2.05) is 29.2 Å². The number of hydrogen-bond acceptors (Lipinski definition) is 6. The molecule has 1 saturated carbocycles. The van der Waals surface area contributed by atoms with Crippen molar-refractivity contribution in [2.75, 3.05) is 11.6 Å². The number of benzene rings is 1. The topological polar surface area (TPSA) is 85.2 Å². The number of aromatic nitrogens is 2. The molecule has 2 N–H and O–H groups in total. The lowest BCUT2D eigenvalue weighted by molar-refractivity contribution is -0.136. The highest BCUT2D eigenvalue weighted by atomic mass is 32.2. The van der Waals surface area contributed by atoms with Crippen molar-refractivity contribution in [2.24, 2.45) is 11.7 Å². The minimum Gasteiger partial charge on any atom is -0.337 e. The first-order valence-electron chi connectivity index (χ1n) is 8.77. The van der Waals surface area contributed by atoms with Crippen LogP contribution in [0.15, 0.2) is 28.8 Å². The second kappa shape index (κ2) is 7.17. The molecule has 2 fully saturated rings. The Balaban J connectivity index is 1.52. The fraction of sp³-hybridized carbons (Fsp3) is 0.500. The van der Waals surface area contributed by atoms with Crippen molar-refractivity contribution >= 4 is 17.7 Å². The second-order valence-corrected chi connectivity index (χ2v) is 7.66. The lowest BCUT2D eigenvalue weighted by atomic mass is 10.1. The van der Waals surface area contributed by atoms with Crippen LogP contribution < -0.4 is 5.73 Å². The maximum atomic E-state index is 12.8. The number of amides is 1. The summed E-state index contributed by atoms with van der Waals surface area (Å²) in [5.41, 5.74) is 7.59. The molecule has 0 spiro atoms. The Morgan fingerprint density at radius 1 is 1.28 bits per heavy atom. The average molecular weight is 358 g/mol. The molecule has 4 rings (SSSR count). The molecular weight excluding hydrogens is 336 g/mol. The van der Waals surface area contributed by atoms with Gasteiger partial charge in [0.1, 0.15) is 6.04 Å². The summed E-state index contributed by atoms with van der Waals surface area (Å²) in [4.78, 5) is 19.3. The Hall–Kier alpha value is -1.86. The number of nitrogens with zero attached hydrogens (tertiary/aromatic N) is 3. The Kier molecular flexibility index (Phi) is 4.76. The summed E-state index contributed by atoms with van der Waals surface area (Å²) >= 11 is 1.75. The molecule has 0 radical (unpaired) electrons. The third-order valence-corrected chi connectivity index (χ3v) is 6.06. The summed E-state index contributed by atoms with van der Waals surface area (Å²) in [5.74, 6) is 3.04. The van der Waals surface area contributed by atoms with Gasteiger partial charge in [-0.2, -0.15) is 4.98 Å². The summed E-state index contributed by atoms with van der Waals surface area (Å²) in [7, 11) is 0. The molecule has 1 aliphatic carbocycles. The molecule has 1 aromatic heterocycles. The summed E-state index contributed by atoms with van der Waals surface area (Å²) in [6.45, 7) is 0.509. The smallest absolute Gasteiger partial charge is 0.250 e. The van der Waals surface area contributed by atoms with Gasteiger partial charge < -0.3 is 15.2 Å². The van der Waals surface area contributed by atoms with Crippen LogP contribution in [0.1, 0.15) is 43.2 Å². The largest absolute Gasteiger partial charge is 0.337 e. The van der Waals surface area contributed by atoms with Gasteiger partial charge >= 0.3 is 0 Å². The van der Waals surface area contributed by atoms with Gasteiger partial charge in [-0.3, -0.25) is 4.79 Å². The fourth-order valence-electron chi connectivity index (χ4n) is 3.55.